The van der Waals surface area contributed by atoms with E-state index in [1.807, 2.05) is 5.32 Å². The highest BCUT2D eigenvalue weighted by Crippen LogP contribution is 2.10. The van der Waals surface area contributed by atoms with Crippen molar-refractivity contribution < 1.29 is 55.7 Å². The van der Waals surface area contributed by atoms with Gasteiger partial charge in [0.05, 0.1) is 13.2 Å². The van der Waals surface area contributed by atoms with Gasteiger partial charge in [-0.25, -0.2) is 9.59 Å². The predicted octanol–water partition coefficient (Wildman–Crippen LogP) is 3.31. The lowest BCUT2D eigenvalue weighted by molar-refractivity contribution is -0.154. The van der Waals surface area contributed by atoms with E-state index in [0.29, 0.717) is 11.1 Å². The second kappa shape index (κ2) is 17.8. The number of halogens is 4. The molecular formula is C29H35F4N3O8. The Morgan fingerprint density at radius 1 is 0.682 bits per heavy atom. The number of carbonyl (C=O) groups is 4. The van der Waals surface area contributed by atoms with Gasteiger partial charge >= 0.3 is 25.3 Å². The van der Waals surface area contributed by atoms with Crippen LogP contribution in [0.1, 0.15) is 31.9 Å². The summed E-state index contributed by atoms with van der Waals surface area (Å²) in [6, 6.07) is 12.1. The monoisotopic (exact) mass is 629 g/mol. The number of ether oxygens (including phenoxy) is 4. The fraction of sp³-hybridized carbons (Fsp3) is 0.448. The molecule has 0 spiro atoms. The zero-order valence-electron chi connectivity index (χ0n) is 24.3. The molecule has 0 radical (unpaired) electrons. The highest BCUT2D eigenvalue weighted by Gasteiger charge is 2.32. The molecule has 2 aromatic carbocycles. The standard InChI is InChI=1S/C29H35F4N3O8/c1-29(2,3)44-28(40)36-22(17-43-27(32)33)24(38)35-21(16-42-26(30)31)23(37)34-20(14-18-10-6-4-7-11-18)25(39)41-15-19-12-8-5-9-13-19/h4-13,20-22,26-27H,14-17H2,1-3H3,(H,34,37)(H,35,38)(H,36,40)/t20-,21-,22-/m0/s1. The van der Waals surface area contributed by atoms with Gasteiger partial charge in [0.1, 0.15) is 30.3 Å². The highest BCUT2D eigenvalue weighted by atomic mass is 19.3. The molecule has 0 aliphatic carbocycles. The Balaban J connectivity index is 2.23. The Kier molecular flexibility index (Phi) is 14.5. The molecule has 0 aliphatic rings. The lowest BCUT2D eigenvalue weighted by atomic mass is 10.1. The molecule has 0 saturated heterocycles. The SMILES string of the molecule is CC(C)(C)OC(=O)N[C@@H](COC(F)F)C(=O)N[C@@H](COC(F)F)C(=O)N[C@@H](Cc1ccccc1)C(=O)OCc1ccccc1. The topological polar surface area (TPSA) is 141 Å². The van der Waals surface area contributed by atoms with E-state index in [9.17, 15) is 36.7 Å². The molecule has 2 rings (SSSR count). The van der Waals surface area contributed by atoms with E-state index >= 15 is 0 Å². The van der Waals surface area contributed by atoms with Crippen LogP contribution in [0.5, 0.6) is 0 Å². The van der Waals surface area contributed by atoms with Gasteiger partial charge in [-0.1, -0.05) is 60.7 Å². The number of alkyl carbamates (subject to hydrolysis) is 1. The smallest absolute Gasteiger partial charge is 0.408 e. The van der Waals surface area contributed by atoms with Crippen LogP contribution in [0.2, 0.25) is 0 Å². The predicted molar refractivity (Wildman–Crippen MR) is 147 cm³/mol. The van der Waals surface area contributed by atoms with Crippen molar-refractivity contribution in [1.29, 1.82) is 0 Å². The Bertz CT molecular complexity index is 1200. The largest absolute Gasteiger partial charge is 0.459 e. The van der Waals surface area contributed by atoms with E-state index < -0.39 is 74.0 Å². The van der Waals surface area contributed by atoms with Crippen molar-refractivity contribution in [2.24, 2.45) is 0 Å². The first-order valence-corrected chi connectivity index (χ1v) is 13.4. The minimum Gasteiger partial charge on any atom is -0.459 e. The third-order valence-electron chi connectivity index (χ3n) is 5.53. The van der Waals surface area contributed by atoms with Gasteiger partial charge in [0, 0.05) is 6.42 Å². The number of nitrogens with one attached hydrogen (secondary N) is 3. The summed E-state index contributed by atoms with van der Waals surface area (Å²) < 4.78 is 70.0. The first-order valence-electron chi connectivity index (χ1n) is 13.4. The van der Waals surface area contributed by atoms with Gasteiger partial charge in [0.25, 0.3) is 0 Å². The summed E-state index contributed by atoms with van der Waals surface area (Å²) in [6.45, 7) is -4.42. The summed E-state index contributed by atoms with van der Waals surface area (Å²) in [6.07, 6.45) is -1.24. The van der Waals surface area contributed by atoms with Gasteiger partial charge in [-0.3, -0.25) is 9.59 Å². The molecule has 0 aliphatic heterocycles. The first kappa shape index (κ1) is 36.0. The highest BCUT2D eigenvalue weighted by molar-refractivity contribution is 5.93. The van der Waals surface area contributed by atoms with E-state index in [4.69, 9.17) is 9.47 Å². The molecule has 15 heteroatoms. The summed E-state index contributed by atoms with van der Waals surface area (Å²) in [4.78, 5) is 51.4. The third kappa shape index (κ3) is 14.3. The molecule has 0 bridgehead atoms. The third-order valence-corrected chi connectivity index (χ3v) is 5.53. The van der Waals surface area contributed by atoms with E-state index in [2.05, 4.69) is 20.1 Å². The summed E-state index contributed by atoms with van der Waals surface area (Å²) in [5.74, 6) is -3.26. The summed E-state index contributed by atoms with van der Waals surface area (Å²) in [5, 5.41) is 6.48. The molecule has 242 valence electrons. The fourth-order valence-electron chi connectivity index (χ4n) is 3.57. The number of hydrogen-bond acceptors (Lipinski definition) is 8. The number of esters is 1. The average molecular weight is 630 g/mol. The van der Waals surface area contributed by atoms with Crippen molar-refractivity contribution in [3.8, 4) is 0 Å². The van der Waals surface area contributed by atoms with E-state index in [1.165, 1.54) is 20.8 Å². The van der Waals surface area contributed by atoms with Gasteiger partial charge in [0.15, 0.2) is 0 Å². The van der Waals surface area contributed by atoms with E-state index in [-0.39, 0.29) is 13.0 Å². The molecular weight excluding hydrogens is 594 g/mol. The lowest BCUT2D eigenvalue weighted by Gasteiger charge is -2.26. The van der Waals surface area contributed by atoms with Gasteiger partial charge in [-0.2, -0.15) is 17.6 Å². The van der Waals surface area contributed by atoms with Gasteiger partial charge in [0.2, 0.25) is 11.8 Å². The van der Waals surface area contributed by atoms with Gasteiger partial charge in [-0.05, 0) is 31.9 Å². The number of hydrogen-bond donors (Lipinski definition) is 3. The Labute approximate surface area is 251 Å². The maximum atomic E-state index is 13.2. The summed E-state index contributed by atoms with van der Waals surface area (Å²) in [7, 11) is 0. The maximum Gasteiger partial charge on any atom is 0.408 e. The van der Waals surface area contributed by atoms with Crippen molar-refractivity contribution in [3.05, 3.63) is 71.8 Å². The minimum atomic E-state index is -3.35. The first-order chi connectivity index (χ1) is 20.7. The fourth-order valence-corrected chi connectivity index (χ4v) is 3.57. The second-order valence-electron chi connectivity index (χ2n) is 10.3. The van der Waals surface area contributed by atoms with Crippen molar-refractivity contribution in [1.82, 2.24) is 16.0 Å². The molecule has 3 N–H and O–H groups in total. The average Bonchev–Trinajstić information content (AvgIpc) is 2.95. The number of carbonyl (C=O) groups excluding carboxylic acids is 4. The summed E-state index contributed by atoms with van der Waals surface area (Å²) >= 11 is 0. The van der Waals surface area contributed by atoms with Crippen LogP contribution >= 0.6 is 0 Å². The van der Waals surface area contributed by atoms with Gasteiger partial charge < -0.3 is 34.9 Å². The Morgan fingerprint density at radius 3 is 1.61 bits per heavy atom. The van der Waals surface area contributed by atoms with Crippen molar-refractivity contribution >= 4 is 23.9 Å². The Hall–Kier alpha value is -4.24. The number of amides is 3. The molecule has 0 unspecified atom stereocenters. The summed E-state index contributed by atoms with van der Waals surface area (Å²) in [5.41, 5.74) is 0.255. The molecule has 0 saturated carbocycles. The normalized spacial score (nSPS) is 13.5. The Morgan fingerprint density at radius 2 is 1.14 bits per heavy atom. The quantitative estimate of drug-likeness (QED) is 0.190. The van der Waals surface area contributed by atoms with Gasteiger partial charge in [-0.15, -0.1) is 0 Å². The van der Waals surface area contributed by atoms with Crippen LogP contribution in [0.25, 0.3) is 0 Å². The van der Waals surface area contributed by atoms with Crippen LogP contribution < -0.4 is 16.0 Å². The number of alkyl halides is 4. The number of rotatable bonds is 16. The molecule has 0 aromatic heterocycles. The molecule has 0 fully saturated rings. The van der Waals surface area contributed by atoms with Crippen LogP contribution in [0, 0.1) is 0 Å². The van der Waals surface area contributed by atoms with E-state index in [0.717, 1.165) is 0 Å². The van der Waals surface area contributed by atoms with Crippen LogP contribution in [0.3, 0.4) is 0 Å². The second-order valence-corrected chi connectivity index (χ2v) is 10.3. The van der Waals surface area contributed by atoms with E-state index in [1.54, 1.807) is 60.7 Å². The zero-order chi connectivity index (χ0) is 32.7. The molecule has 3 atom stereocenters. The molecule has 3 amide bonds. The van der Waals surface area contributed by atoms with Crippen LogP contribution in [0.4, 0.5) is 22.4 Å². The molecule has 44 heavy (non-hydrogen) atoms. The number of benzene rings is 2. The van der Waals surface area contributed by atoms with Crippen molar-refractivity contribution in [2.75, 3.05) is 13.2 Å². The lowest BCUT2D eigenvalue weighted by Crippen LogP contribution is -2.58. The van der Waals surface area contributed by atoms with Crippen LogP contribution in [0.15, 0.2) is 60.7 Å². The van der Waals surface area contributed by atoms with Crippen molar-refractivity contribution in [3.63, 3.8) is 0 Å². The van der Waals surface area contributed by atoms with Crippen LogP contribution in [-0.2, 0) is 46.4 Å². The molecule has 11 nitrogen and oxygen atoms in total. The maximum absolute atomic E-state index is 13.2. The van der Waals surface area contributed by atoms with Crippen molar-refractivity contribution in [2.45, 2.75) is 70.7 Å². The van der Waals surface area contributed by atoms with Crippen LogP contribution in [-0.4, -0.2) is 74.0 Å². The molecule has 2 aromatic rings. The zero-order valence-corrected chi connectivity index (χ0v) is 24.3. The molecule has 0 heterocycles. The minimum absolute atomic E-state index is 0.0678.